The summed E-state index contributed by atoms with van der Waals surface area (Å²) in [6, 6.07) is 2.20. The largest absolute Gasteiger partial charge is 0.345 e. The van der Waals surface area contributed by atoms with E-state index in [1.54, 1.807) is 6.20 Å². The Labute approximate surface area is 162 Å². The van der Waals surface area contributed by atoms with Crippen LogP contribution in [0.25, 0.3) is 0 Å². The number of allylic oxidation sites excluding steroid dienone is 2. The zero-order valence-corrected chi connectivity index (χ0v) is 15.5. The van der Waals surface area contributed by atoms with Crippen molar-refractivity contribution in [2.45, 2.75) is 32.2 Å². The molecule has 2 aliphatic rings. The Morgan fingerprint density at radius 1 is 1.25 bits per heavy atom. The Bertz CT molecular complexity index is 844. The molecule has 0 aromatic heterocycles. The van der Waals surface area contributed by atoms with Gasteiger partial charge in [-0.05, 0) is 30.2 Å². The Kier molecular flexibility index (Phi) is 6.08. The average molecular weight is 388 g/mol. The van der Waals surface area contributed by atoms with Crippen LogP contribution in [0, 0.1) is 11.6 Å². The van der Waals surface area contributed by atoms with E-state index in [-0.39, 0.29) is 17.9 Å². The summed E-state index contributed by atoms with van der Waals surface area (Å²) in [4.78, 5) is 26.9. The van der Waals surface area contributed by atoms with Gasteiger partial charge in [0.1, 0.15) is 29.3 Å². The molecule has 3 N–H and O–H groups in total. The second kappa shape index (κ2) is 8.69. The zero-order valence-electron chi connectivity index (χ0n) is 15.5. The van der Waals surface area contributed by atoms with Crippen LogP contribution < -0.4 is 16.0 Å². The second-order valence-electron chi connectivity index (χ2n) is 6.62. The van der Waals surface area contributed by atoms with Gasteiger partial charge in [-0.25, -0.2) is 8.78 Å². The summed E-state index contributed by atoms with van der Waals surface area (Å²) in [6.07, 6.45) is 8.38. The van der Waals surface area contributed by atoms with Crippen LogP contribution in [0.4, 0.5) is 8.78 Å². The Morgan fingerprint density at radius 2 is 2.00 bits per heavy atom. The number of carbonyl (C=O) groups is 2. The lowest BCUT2D eigenvalue weighted by atomic mass is 10.1. The van der Waals surface area contributed by atoms with Gasteiger partial charge in [-0.15, -0.1) is 0 Å². The first-order chi connectivity index (χ1) is 13.5. The number of benzene rings is 1. The van der Waals surface area contributed by atoms with Crippen molar-refractivity contribution in [2.75, 3.05) is 6.54 Å². The van der Waals surface area contributed by atoms with E-state index in [4.69, 9.17) is 0 Å². The molecular formula is C20H22F2N4O2. The first kappa shape index (κ1) is 19.6. The molecule has 0 fully saturated rings. The highest BCUT2D eigenvalue weighted by Gasteiger charge is 2.26. The minimum atomic E-state index is -0.745. The molecule has 0 saturated carbocycles. The molecule has 1 aromatic rings. The van der Waals surface area contributed by atoms with E-state index in [0.717, 1.165) is 24.0 Å². The van der Waals surface area contributed by atoms with Gasteiger partial charge in [-0.3, -0.25) is 9.59 Å². The monoisotopic (exact) mass is 388 g/mol. The van der Waals surface area contributed by atoms with E-state index in [9.17, 15) is 18.4 Å². The molecule has 6 nitrogen and oxygen atoms in total. The average Bonchev–Trinajstić information content (AvgIpc) is 3.03. The van der Waals surface area contributed by atoms with Crippen LogP contribution in [0.1, 0.15) is 25.3 Å². The predicted octanol–water partition coefficient (Wildman–Crippen LogP) is 2.02. The third-order valence-electron chi connectivity index (χ3n) is 4.38. The van der Waals surface area contributed by atoms with Gasteiger partial charge in [0.2, 0.25) is 11.8 Å². The van der Waals surface area contributed by atoms with E-state index in [2.05, 4.69) is 16.0 Å². The molecule has 0 spiro atoms. The highest BCUT2D eigenvalue weighted by Crippen LogP contribution is 2.18. The maximum absolute atomic E-state index is 13.3. The summed E-state index contributed by atoms with van der Waals surface area (Å²) in [5, 5.41) is 8.56. The minimum Gasteiger partial charge on any atom is -0.345 e. The van der Waals surface area contributed by atoms with Crippen LogP contribution >= 0.6 is 0 Å². The molecular weight excluding hydrogens is 366 g/mol. The van der Waals surface area contributed by atoms with Crippen LogP contribution in [0.15, 0.2) is 54.3 Å². The van der Waals surface area contributed by atoms with E-state index in [1.807, 2.05) is 30.1 Å². The lowest BCUT2D eigenvalue weighted by Gasteiger charge is -2.25. The number of halogens is 2. The van der Waals surface area contributed by atoms with Crippen molar-refractivity contribution < 1.29 is 18.4 Å². The number of nitrogens with one attached hydrogen (secondary N) is 3. The highest BCUT2D eigenvalue weighted by atomic mass is 19.1. The molecule has 2 heterocycles. The van der Waals surface area contributed by atoms with Crippen molar-refractivity contribution in [3.05, 3.63) is 71.5 Å². The number of fused-ring (bicyclic) bond motifs is 1. The van der Waals surface area contributed by atoms with Crippen molar-refractivity contribution in [2.24, 2.45) is 0 Å². The van der Waals surface area contributed by atoms with Crippen molar-refractivity contribution in [3.8, 4) is 0 Å². The Hall–Kier alpha value is -3.16. The van der Waals surface area contributed by atoms with Crippen molar-refractivity contribution >= 4 is 11.8 Å². The lowest BCUT2D eigenvalue weighted by molar-refractivity contribution is -0.128. The fourth-order valence-corrected chi connectivity index (χ4v) is 3.11. The molecule has 1 aromatic carbocycles. The molecule has 1 unspecified atom stereocenters. The number of rotatable bonds is 7. The summed E-state index contributed by atoms with van der Waals surface area (Å²) >= 11 is 0. The molecule has 8 heteroatoms. The summed E-state index contributed by atoms with van der Waals surface area (Å²) in [7, 11) is 0. The molecule has 0 aliphatic carbocycles. The quantitative estimate of drug-likeness (QED) is 0.668. The SMILES string of the molecule is CCCC(NC(=O)Cc1cc(F)cc(F)c1)C(=O)NC1=CNC2=CC=CCN21. The Morgan fingerprint density at radius 3 is 2.71 bits per heavy atom. The predicted molar refractivity (Wildman–Crippen MR) is 100 cm³/mol. The van der Waals surface area contributed by atoms with Gasteiger partial charge in [0.25, 0.3) is 0 Å². The van der Waals surface area contributed by atoms with Crippen molar-refractivity contribution in [3.63, 3.8) is 0 Å². The van der Waals surface area contributed by atoms with Gasteiger partial charge in [0.05, 0.1) is 6.42 Å². The van der Waals surface area contributed by atoms with Gasteiger partial charge >= 0.3 is 0 Å². The van der Waals surface area contributed by atoms with Crippen molar-refractivity contribution in [1.82, 2.24) is 20.9 Å². The molecule has 0 bridgehead atoms. The molecule has 0 saturated heterocycles. The van der Waals surface area contributed by atoms with Gasteiger partial charge < -0.3 is 20.9 Å². The number of carbonyl (C=O) groups excluding carboxylic acids is 2. The molecule has 2 amide bonds. The highest BCUT2D eigenvalue weighted by molar-refractivity contribution is 5.89. The molecule has 148 valence electrons. The number of hydrogen-bond acceptors (Lipinski definition) is 4. The molecule has 1 atom stereocenters. The number of amides is 2. The molecule has 0 radical (unpaired) electrons. The first-order valence-corrected chi connectivity index (χ1v) is 9.12. The third-order valence-corrected chi connectivity index (χ3v) is 4.38. The maximum Gasteiger partial charge on any atom is 0.248 e. The van der Waals surface area contributed by atoms with Crippen LogP contribution in [0.3, 0.4) is 0 Å². The van der Waals surface area contributed by atoms with E-state index >= 15 is 0 Å². The maximum atomic E-state index is 13.3. The summed E-state index contributed by atoms with van der Waals surface area (Å²) in [5.41, 5.74) is 0.211. The fraction of sp³-hybridized carbons (Fsp3) is 0.300. The van der Waals surface area contributed by atoms with Gasteiger partial charge in [-0.1, -0.05) is 25.5 Å². The fourth-order valence-electron chi connectivity index (χ4n) is 3.11. The molecule has 3 rings (SSSR count). The standard InChI is InChI=1S/C20H22F2N4O2/c1-2-5-16(24-19(27)10-13-8-14(21)11-15(22)9-13)20(28)25-18-12-23-17-6-3-4-7-26(17)18/h3-4,6,8-9,11-12,16,23H,2,5,7,10H2,1H3,(H,24,27)(H,25,28). The normalized spacial score (nSPS) is 15.9. The van der Waals surface area contributed by atoms with E-state index < -0.39 is 23.6 Å². The van der Waals surface area contributed by atoms with Gasteiger partial charge in [0.15, 0.2) is 0 Å². The summed E-state index contributed by atoms with van der Waals surface area (Å²) < 4.78 is 26.6. The summed E-state index contributed by atoms with van der Waals surface area (Å²) in [6.45, 7) is 2.53. The van der Waals surface area contributed by atoms with Crippen LogP contribution in [-0.4, -0.2) is 29.3 Å². The van der Waals surface area contributed by atoms with E-state index in [1.165, 1.54) is 0 Å². The number of nitrogens with zero attached hydrogens (tertiary/aromatic N) is 1. The third kappa shape index (κ3) is 4.76. The number of hydrogen-bond donors (Lipinski definition) is 3. The topological polar surface area (TPSA) is 73.5 Å². The van der Waals surface area contributed by atoms with Gasteiger partial charge in [0, 0.05) is 18.8 Å². The smallest absolute Gasteiger partial charge is 0.248 e. The Balaban J connectivity index is 1.60. The lowest BCUT2D eigenvalue weighted by Crippen LogP contribution is -2.48. The van der Waals surface area contributed by atoms with Crippen molar-refractivity contribution in [1.29, 1.82) is 0 Å². The zero-order chi connectivity index (χ0) is 20.1. The van der Waals surface area contributed by atoms with Crippen LogP contribution in [0.5, 0.6) is 0 Å². The second-order valence-corrected chi connectivity index (χ2v) is 6.62. The van der Waals surface area contributed by atoms with E-state index in [0.29, 0.717) is 25.2 Å². The molecule has 28 heavy (non-hydrogen) atoms. The minimum absolute atomic E-state index is 0.211. The molecule has 2 aliphatic heterocycles. The van der Waals surface area contributed by atoms with Crippen LogP contribution in [0.2, 0.25) is 0 Å². The summed E-state index contributed by atoms with van der Waals surface area (Å²) in [5.74, 6) is -0.843. The van der Waals surface area contributed by atoms with Gasteiger partial charge in [-0.2, -0.15) is 0 Å². The first-order valence-electron chi connectivity index (χ1n) is 9.12. The van der Waals surface area contributed by atoms with Crippen LogP contribution in [-0.2, 0) is 16.0 Å².